The Hall–Kier alpha value is -2.06. The van der Waals surface area contributed by atoms with Gasteiger partial charge in [0, 0.05) is 12.2 Å². The minimum Gasteiger partial charge on any atom is -0.338 e. The van der Waals surface area contributed by atoms with Gasteiger partial charge in [0.2, 0.25) is 0 Å². The molecule has 0 heterocycles. The van der Waals surface area contributed by atoms with E-state index in [9.17, 15) is 4.79 Å². The summed E-state index contributed by atoms with van der Waals surface area (Å²) in [7, 11) is 0. The van der Waals surface area contributed by atoms with Crippen molar-refractivity contribution in [1.82, 2.24) is 10.6 Å². The van der Waals surface area contributed by atoms with Crippen LogP contribution < -0.4 is 16.0 Å². The summed E-state index contributed by atoms with van der Waals surface area (Å²) in [5.41, 5.74) is 1.25. The van der Waals surface area contributed by atoms with E-state index in [1.807, 2.05) is 13.0 Å². The number of carbonyl (C=O) groups is 1. The van der Waals surface area contributed by atoms with E-state index < -0.39 is 0 Å². The van der Waals surface area contributed by atoms with Gasteiger partial charge in [-0.3, -0.25) is 0 Å². The van der Waals surface area contributed by atoms with Gasteiger partial charge in [-0.05, 0) is 43.8 Å². The molecule has 18 heavy (non-hydrogen) atoms. The number of hydrogen-bond acceptors (Lipinski definition) is 3. The molecule has 0 aliphatic rings. The standard InChI is InChI=1S/C13H18N4O/c1-2-15-8-3-9-16-13(18)17-12-6-4-11(10-14)5-7-12/h4-7,15H,2-3,8-9H2,1H3,(H2,16,17,18). The monoisotopic (exact) mass is 246 g/mol. The summed E-state index contributed by atoms with van der Waals surface area (Å²) < 4.78 is 0. The van der Waals surface area contributed by atoms with Crippen molar-refractivity contribution in [2.24, 2.45) is 0 Å². The number of nitrogens with zero attached hydrogens (tertiary/aromatic N) is 1. The maximum absolute atomic E-state index is 11.5. The summed E-state index contributed by atoms with van der Waals surface area (Å²) in [6.07, 6.45) is 0.897. The molecule has 0 fully saturated rings. The molecule has 0 aliphatic heterocycles. The van der Waals surface area contributed by atoms with E-state index in [0.717, 1.165) is 19.5 Å². The number of anilines is 1. The van der Waals surface area contributed by atoms with Crippen LogP contribution in [0.25, 0.3) is 0 Å². The van der Waals surface area contributed by atoms with Gasteiger partial charge in [0.1, 0.15) is 0 Å². The molecule has 0 spiro atoms. The highest BCUT2D eigenvalue weighted by molar-refractivity contribution is 5.89. The summed E-state index contributed by atoms with van der Waals surface area (Å²) >= 11 is 0. The van der Waals surface area contributed by atoms with E-state index in [1.54, 1.807) is 24.3 Å². The molecule has 1 aromatic rings. The fraction of sp³-hybridized carbons (Fsp3) is 0.385. The fourth-order valence-corrected chi connectivity index (χ4v) is 1.40. The number of rotatable bonds is 6. The number of benzene rings is 1. The lowest BCUT2D eigenvalue weighted by atomic mass is 10.2. The quantitative estimate of drug-likeness (QED) is 0.668. The van der Waals surface area contributed by atoms with Crippen LogP contribution in [0, 0.1) is 11.3 Å². The Morgan fingerprint density at radius 3 is 2.61 bits per heavy atom. The topological polar surface area (TPSA) is 76.9 Å². The SMILES string of the molecule is CCNCCCNC(=O)Nc1ccc(C#N)cc1. The van der Waals surface area contributed by atoms with Crippen molar-refractivity contribution in [2.45, 2.75) is 13.3 Å². The molecule has 0 aliphatic carbocycles. The maximum atomic E-state index is 11.5. The Bertz CT molecular complexity index is 408. The third kappa shape index (κ3) is 5.32. The van der Waals surface area contributed by atoms with Gasteiger partial charge < -0.3 is 16.0 Å². The summed E-state index contributed by atoms with van der Waals surface area (Å²) in [5.74, 6) is 0. The van der Waals surface area contributed by atoms with E-state index in [4.69, 9.17) is 5.26 Å². The molecule has 5 heteroatoms. The van der Waals surface area contributed by atoms with Crippen molar-refractivity contribution in [3.05, 3.63) is 29.8 Å². The minimum absolute atomic E-state index is 0.226. The zero-order chi connectivity index (χ0) is 13.2. The predicted octanol–water partition coefficient (Wildman–Crippen LogP) is 1.68. The zero-order valence-electron chi connectivity index (χ0n) is 10.5. The van der Waals surface area contributed by atoms with Crippen molar-refractivity contribution < 1.29 is 4.79 Å². The smallest absolute Gasteiger partial charge is 0.319 e. The molecule has 5 nitrogen and oxygen atoms in total. The van der Waals surface area contributed by atoms with Crippen LogP contribution in [0.5, 0.6) is 0 Å². The van der Waals surface area contributed by atoms with Gasteiger partial charge in [0.05, 0.1) is 11.6 Å². The van der Waals surface area contributed by atoms with Crippen LogP contribution in [0.2, 0.25) is 0 Å². The maximum Gasteiger partial charge on any atom is 0.319 e. The van der Waals surface area contributed by atoms with Crippen molar-refractivity contribution >= 4 is 11.7 Å². The highest BCUT2D eigenvalue weighted by Crippen LogP contribution is 2.08. The Morgan fingerprint density at radius 2 is 2.00 bits per heavy atom. The highest BCUT2D eigenvalue weighted by atomic mass is 16.2. The second kappa shape index (κ2) is 8.09. The van der Waals surface area contributed by atoms with Gasteiger partial charge in [-0.2, -0.15) is 5.26 Å². The van der Waals surface area contributed by atoms with E-state index >= 15 is 0 Å². The summed E-state index contributed by atoms with van der Waals surface area (Å²) in [6, 6.07) is 8.55. The molecule has 0 radical (unpaired) electrons. The first-order valence-corrected chi connectivity index (χ1v) is 6.02. The summed E-state index contributed by atoms with van der Waals surface area (Å²) in [4.78, 5) is 11.5. The van der Waals surface area contributed by atoms with Crippen LogP contribution in [0.1, 0.15) is 18.9 Å². The van der Waals surface area contributed by atoms with Crippen LogP contribution in [0.15, 0.2) is 24.3 Å². The molecule has 1 aromatic carbocycles. The number of carbonyl (C=O) groups excluding carboxylic acids is 1. The molecule has 0 aromatic heterocycles. The van der Waals surface area contributed by atoms with E-state index in [0.29, 0.717) is 17.8 Å². The van der Waals surface area contributed by atoms with Crippen molar-refractivity contribution in [3.63, 3.8) is 0 Å². The van der Waals surface area contributed by atoms with Crippen molar-refractivity contribution in [3.8, 4) is 6.07 Å². The fourth-order valence-electron chi connectivity index (χ4n) is 1.40. The lowest BCUT2D eigenvalue weighted by molar-refractivity contribution is 0.252. The lowest BCUT2D eigenvalue weighted by Crippen LogP contribution is -2.31. The molecule has 0 unspecified atom stereocenters. The first-order valence-electron chi connectivity index (χ1n) is 6.02. The number of hydrogen-bond donors (Lipinski definition) is 3. The van der Waals surface area contributed by atoms with Crippen LogP contribution in [-0.2, 0) is 0 Å². The van der Waals surface area contributed by atoms with Gasteiger partial charge in [-0.1, -0.05) is 6.92 Å². The third-order valence-corrected chi connectivity index (χ3v) is 2.34. The van der Waals surface area contributed by atoms with Crippen LogP contribution in [-0.4, -0.2) is 25.7 Å². The molecule has 0 saturated carbocycles. The van der Waals surface area contributed by atoms with Gasteiger partial charge in [0.25, 0.3) is 0 Å². The Morgan fingerprint density at radius 1 is 1.28 bits per heavy atom. The molecule has 0 saturated heterocycles. The number of nitrogens with one attached hydrogen (secondary N) is 3. The molecular formula is C13H18N4O. The predicted molar refractivity (Wildman–Crippen MR) is 71.3 cm³/mol. The van der Waals surface area contributed by atoms with Crippen molar-refractivity contribution in [2.75, 3.05) is 25.0 Å². The third-order valence-electron chi connectivity index (χ3n) is 2.34. The van der Waals surface area contributed by atoms with Gasteiger partial charge in [-0.25, -0.2) is 4.79 Å². The largest absolute Gasteiger partial charge is 0.338 e. The molecule has 0 atom stereocenters. The normalized spacial score (nSPS) is 9.56. The van der Waals surface area contributed by atoms with Crippen molar-refractivity contribution in [1.29, 1.82) is 5.26 Å². The highest BCUT2D eigenvalue weighted by Gasteiger charge is 2.00. The minimum atomic E-state index is -0.226. The van der Waals surface area contributed by atoms with Gasteiger partial charge >= 0.3 is 6.03 Å². The average molecular weight is 246 g/mol. The molecule has 0 bridgehead atoms. The van der Waals surface area contributed by atoms with Gasteiger partial charge in [0.15, 0.2) is 0 Å². The Kier molecular flexibility index (Phi) is 6.30. The number of amides is 2. The summed E-state index contributed by atoms with van der Waals surface area (Å²) in [6.45, 7) is 4.52. The van der Waals surface area contributed by atoms with E-state index in [-0.39, 0.29) is 6.03 Å². The number of urea groups is 1. The molecule has 3 N–H and O–H groups in total. The molecule has 2 amide bonds. The number of nitriles is 1. The second-order valence-electron chi connectivity index (χ2n) is 3.78. The van der Waals surface area contributed by atoms with E-state index in [2.05, 4.69) is 16.0 Å². The Balaban J connectivity index is 2.25. The Labute approximate surface area is 107 Å². The van der Waals surface area contributed by atoms with Crippen LogP contribution in [0.4, 0.5) is 10.5 Å². The first-order chi connectivity index (χ1) is 8.76. The lowest BCUT2D eigenvalue weighted by Gasteiger charge is -2.07. The summed E-state index contributed by atoms with van der Waals surface area (Å²) in [5, 5.41) is 17.3. The first kappa shape index (κ1) is 14.0. The molecule has 1 rings (SSSR count). The zero-order valence-corrected chi connectivity index (χ0v) is 10.5. The van der Waals surface area contributed by atoms with Gasteiger partial charge in [-0.15, -0.1) is 0 Å². The van der Waals surface area contributed by atoms with Crippen LogP contribution in [0.3, 0.4) is 0 Å². The van der Waals surface area contributed by atoms with Crippen LogP contribution >= 0.6 is 0 Å². The second-order valence-corrected chi connectivity index (χ2v) is 3.78. The molecular weight excluding hydrogens is 228 g/mol. The molecule has 96 valence electrons. The van der Waals surface area contributed by atoms with E-state index in [1.165, 1.54) is 0 Å². The average Bonchev–Trinajstić information content (AvgIpc) is 2.39.